The molecule has 1 aromatic heterocycles. The van der Waals surface area contributed by atoms with Crippen LogP contribution in [-0.4, -0.2) is 25.9 Å². The van der Waals surface area contributed by atoms with Gasteiger partial charge >= 0.3 is 11.7 Å². The second kappa shape index (κ2) is 8.31. The Bertz CT molecular complexity index is 1270. The highest BCUT2D eigenvalue weighted by Gasteiger charge is 2.25. The van der Waals surface area contributed by atoms with Gasteiger partial charge in [-0.3, -0.25) is 9.36 Å². The number of para-hydroxylation sites is 1. The number of fused-ring (bicyclic) bond motifs is 1. The summed E-state index contributed by atoms with van der Waals surface area (Å²) in [6.07, 6.45) is 0.0815. The van der Waals surface area contributed by atoms with Crippen LogP contribution in [0.5, 0.6) is 0 Å². The summed E-state index contributed by atoms with van der Waals surface area (Å²) in [5.41, 5.74) is 1.60. The lowest BCUT2D eigenvalue weighted by atomic mass is 10.0. The quantitative estimate of drug-likeness (QED) is 0.417. The zero-order valence-corrected chi connectivity index (χ0v) is 17.9. The number of carboxylic acids is 1. The Morgan fingerprint density at radius 3 is 2.47 bits per heavy atom. The van der Waals surface area contributed by atoms with Crippen molar-refractivity contribution in [2.24, 2.45) is 0 Å². The largest absolute Gasteiger partial charge is 0.480 e. The molecule has 156 valence electrons. The number of nitrogens with one attached hydrogen (secondary N) is 1. The average Bonchev–Trinajstić information content (AvgIpc) is 2.67. The van der Waals surface area contributed by atoms with E-state index >= 15 is 0 Å². The molecule has 0 amide bonds. The number of thiol groups is 1. The molecule has 3 aromatic rings. The number of carboxylic acid groups (broad SMARTS) is 1. The van der Waals surface area contributed by atoms with Crippen molar-refractivity contribution in [3.8, 4) is 0 Å². The first-order chi connectivity index (χ1) is 14.2. The number of benzene rings is 2. The molecule has 7 nitrogen and oxygen atoms in total. The van der Waals surface area contributed by atoms with Crippen LogP contribution in [0.25, 0.3) is 10.9 Å². The van der Waals surface area contributed by atoms with Gasteiger partial charge in [0.15, 0.2) is 0 Å². The van der Waals surface area contributed by atoms with E-state index in [1.807, 2.05) is 26.0 Å². The second-order valence-corrected chi connectivity index (χ2v) is 7.76. The average molecular weight is 426 g/mol. The van der Waals surface area contributed by atoms with Gasteiger partial charge < -0.3 is 10.5 Å². The van der Waals surface area contributed by atoms with E-state index in [4.69, 9.17) is 5.41 Å². The minimum absolute atomic E-state index is 0.0815. The van der Waals surface area contributed by atoms with E-state index in [9.17, 15) is 19.5 Å². The zero-order valence-electron chi connectivity index (χ0n) is 17.0. The molecule has 30 heavy (non-hydrogen) atoms. The monoisotopic (exact) mass is 425 g/mol. The van der Waals surface area contributed by atoms with Crippen molar-refractivity contribution < 1.29 is 9.90 Å². The van der Waals surface area contributed by atoms with E-state index in [2.05, 4.69) is 12.6 Å². The van der Waals surface area contributed by atoms with Crippen molar-refractivity contribution >= 4 is 35.2 Å². The normalized spacial score (nSPS) is 12.1. The summed E-state index contributed by atoms with van der Waals surface area (Å²) in [5, 5.41) is 18.4. The summed E-state index contributed by atoms with van der Waals surface area (Å²) in [6.45, 7) is 5.29. The van der Waals surface area contributed by atoms with E-state index in [1.165, 1.54) is 4.57 Å². The van der Waals surface area contributed by atoms with Crippen LogP contribution in [0.3, 0.4) is 0 Å². The maximum atomic E-state index is 13.2. The molecular weight excluding hydrogens is 402 g/mol. The molecule has 2 aromatic carbocycles. The van der Waals surface area contributed by atoms with Gasteiger partial charge in [-0.05, 0) is 49.6 Å². The number of hydrogen-bond acceptors (Lipinski definition) is 5. The summed E-state index contributed by atoms with van der Waals surface area (Å²) in [7, 11) is 0. The molecule has 3 rings (SSSR count). The Hall–Kier alpha value is -3.13. The number of aliphatic carboxylic acids is 1. The van der Waals surface area contributed by atoms with Crippen molar-refractivity contribution in [3.63, 3.8) is 0 Å². The first kappa shape index (κ1) is 21.6. The zero-order chi connectivity index (χ0) is 22.2. The van der Waals surface area contributed by atoms with Crippen LogP contribution in [0.1, 0.15) is 36.1 Å². The number of rotatable bonds is 6. The summed E-state index contributed by atoms with van der Waals surface area (Å²) in [4.78, 5) is 38.5. The third-order valence-electron chi connectivity index (χ3n) is 5.14. The smallest absolute Gasteiger partial charge is 0.332 e. The van der Waals surface area contributed by atoms with Crippen molar-refractivity contribution in [3.05, 3.63) is 73.9 Å². The Morgan fingerprint density at radius 1 is 1.20 bits per heavy atom. The maximum Gasteiger partial charge on any atom is 0.332 e. The Balaban J connectivity index is 2.26. The van der Waals surface area contributed by atoms with Gasteiger partial charge in [0.1, 0.15) is 6.04 Å². The molecule has 2 N–H and O–H groups in total. The molecular formula is C22H23N3O4S. The van der Waals surface area contributed by atoms with Crippen LogP contribution in [0, 0.1) is 19.3 Å². The maximum absolute atomic E-state index is 13.2. The fourth-order valence-electron chi connectivity index (χ4n) is 3.81. The lowest BCUT2D eigenvalue weighted by Gasteiger charge is -2.19. The minimum atomic E-state index is -1.28. The van der Waals surface area contributed by atoms with Crippen molar-refractivity contribution in [2.75, 3.05) is 0 Å². The van der Waals surface area contributed by atoms with Crippen LogP contribution in [0.2, 0.25) is 0 Å². The van der Waals surface area contributed by atoms with Crippen molar-refractivity contribution in [1.82, 2.24) is 9.13 Å². The van der Waals surface area contributed by atoms with Gasteiger partial charge in [0.25, 0.3) is 5.56 Å². The van der Waals surface area contributed by atoms with Crippen LogP contribution in [0.15, 0.2) is 50.9 Å². The summed E-state index contributed by atoms with van der Waals surface area (Å²) < 4.78 is 2.07. The molecule has 0 radical (unpaired) electrons. The highest BCUT2D eigenvalue weighted by molar-refractivity contribution is 7.80. The predicted molar refractivity (Wildman–Crippen MR) is 119 cm³/mol. The van der Waals surface area contributed by atoms with Crippen LogP contribution >= 0.6 is 12.6 Å². The van der Waals surface area contributed by atoms with Gasteiger partial charge in [-0.25, -0.2) is 14.2 Å². The molecule has 0 saturated heterocycles. The van der Waals surface area contributed by atoms with Crippen molar-refractivity contribution in [2.45, 2.75) is 44.7 Å². The number of hydrogen-bond donors (Lipinski definition) is 3. The SMILES string of the molecule is CC[C@@H](C(=O)O)n1c(=O)c2ccccc2n(CC(=N)c2c(C)cc(C)cc2S)c1=O. The molecule has 0 aliphatic heterocycles. The van der Waals surface area contributed by atoms with Crippen LogP contribution < -0.4 is 11.2 Å². The van der Waals surface area contributed by atoms with Gasteiger partial charge in [0.2, 0.25) is 0 Å². The highest BCUT2D eigenvalue weighted by Crippen LogP contribution is 2.22. The molecule has 0 unspecified atom stereocenters. The molecule has 0 saturated carbocycles. The van der Waals surface area contributed by atoms with Gasteiger partial charge in [0.05, 0.1) is 23.2 Å². The standard InChI is InChI=1S/C22H23N3O4S/c1-4-16(21(27)28)25-20(26)14-7-5-6-8-17(14)24(22(25)29)11-15(23)19-13(3)9-12(2)10-18(19)30/h5-10,16,23,30H,4,11H2,1-3H3,(H,27,28)/t16-/m0/s1. The molecule has 1 heterocycles. The third kappa shape index (κ3) is 3.70. The Morgan fingerprint density at radius 2 is 1.87 bits per heavy atom. The van der Waals surface area contributed by atoms with Crippen LogP contribution in [-0.2, 0) is 11.3 Å². The molecule has 1 atom stereocenters. The minimum Gasteiger partial charge on any atom is -0.480 e. The number of carbonyl (C=O) groups is 1. The number of aryl methyl sites for hydroxylation is 2. The Kier molecular flexibility index (Phi) is 5.98. The first-order valence-corrected chi connectivity index (χ1v) is 9.97. The molecule has 0 bridgehead atoms. The van der Waals surface area contributed by atoms with Crippen molar-refractivity contribution in [1.29, 1.82) is 5.41 Å². The fourth-order valence-corrected chi connectivity index (χ4v) is 4.32. The lowest BCUT2D eigenvalue weighted by Crippen LogP contribution is -2.45. The second-order valence-electron chi connectivity index (χ2n) is 7.28. The first-order valence-electron chi connectivity index (χ1n) is 9.52. The summed E-state index contributed by atoms with van der Waals surface area (Å²) in [5.74, 6) is -1.25. The molecule has 8 heteroatoms. The third-order valence-corrected chi connectivity index (χ3v) is 5.49. The van der Waals surface area contributed by atoms with E-state index in [0.717, 1.165) is 15.7 Å². The lowest BCUT2D eigenvalue weighted by molar-refractivity contribution is -0.141. The number of nitrogens with zero attached hydrogens (tertiary/aromatic N) is 2. The van der Waals surface area contributed by atoms with Gasteiger partial charge in [-0.1, -0.05) is 25.1 Å². The highest BCUT2D eigenvalue weighted by atomic mass is 32.1. The van der Waals surface area contributed by atoms with Gasteiger partial charge in [-0.15, -0.1) is 12.6 Å². The molecule has 0 aliphatic carbocycles. The molecule has 0 fully saturated rings. The molecule has 0 spiro atoms. The van der Waals surface area contributed by atoms with Gasteiger partial charge in [0, 0.05) is 10.5 Å². The predicted octanol–water partition coefficient (Wildman–Crippen LogP) is 3.17. The van der Waals surface area contributed by atoms with Gasteiger partial charge in [-0.2, -0.15) is 0 Å². The van der Waals surface area contributed by atoms with E-state index in [1.54, 1.807) is 31.2 Å². The topological polar surface area (TPSA) is 105 Å². The van der Waals surface area contributed by atoms with Crippen LogP contribution in [0.4, 0.5) is 0 Å². The van der Waals surface area contributed by atoms with E-state index in [0.29, 0.717) is 16.0 Å². The Labute approximate surface area is 178 Å². The van der Waals surface area contributed by atoms with E-state index in [-0.39, 0.29) is 24.1 Å². The summed E-state index contributed by atoms with van der Waals surface area (Å²) in [6, 6.07) is 9.04. The van der Waals surface area contributed by atoms with E-state index < -0.39 is 23.3 Å². The fraction of sp³-hybridized carbons (Fsp3) is 0.273. The molecule has 0 aliphatic rings. The number of aromatic nitrogens is 2. The summed E-state index contributed by atoms with van der Waals surface area (Å²) >= 11 is 4.49.